The molecule has 0 bridgehead atoms. The molecule has 0 aliphatic rings. The third-order valence-electron chi connectivity index (χ3n) is 3.74. The van der Waals surface area contributed by atoms with Crippen molar-refractivity contribution in [3.8, 4) is 17.1 Å². The summed E-state index contributed by atoms with van der Waals surface area (Å²) in [6.45, 7) is 11.6. The second-order valence-corrected chi connectivity index (χ2v) is 5.40. The molecular formula is C22H24N2O. The molecule has 0 saturated carbocycles. The van der Waals surface area contributed by atoms with E-state index in [2.05, 4.69) is 20.1 Å². The van der Waals surface area contributed by atoms with Gasteiger partial charge in [-0.25, -0.2) is 4.98 Å². The first kappa shape index (κ1) is 18.3. The standard InChI is InChI=1S/C22H24N2O/c1-5-9-15-20-19(8-4)23-22(18-14-10-11-16-21(18)25)24(20)17(12-6-2)13-7-3/h5-7,9-16,25H,1-2,8H2,3-4H3/b13-7-,15-9-,17-12+. The Balaban J connectivity index is 2.88. The summed E-state index contributed by atoms with van der Waals surface area (Å²) in [6, 6.07) is 7.24. The van der Waals surface area contributed by atoms with Gasteiger partial charge in [-0.2, -0.15) is 0 Å². The smallest absolute Gasteiger partial charge is 0.149 e. The Kier molecular flexibility index (Phi) is 6.35. The molecule has 3 nitrogen and oxygen atoms in total. The van der Waals surface area contributed by atoms with Crippen LogP contribution in [0.4, 0.5) is 0 Å². The van der Waals surface area contributed by atoms with Crippen LogP contribution in [0, 0.1) is 0 Å². The van der Waals surface area contributed by atoms with Gasteiger partial charge in [0.05, 0.1) is 17.0 Å². The molecule has 2 rings (SSSR count). The predicted octanol–water partition coefficient (Wildman–Crippen LogP) is 5.62. The fourth-order valence-corrected chi connectivity index (χ4v) is 2.67. The minimum Gasteiger partial charge on any atom is -0.507 e. The number of aromatic hydroxyl groups is 1. The highest BCUT2D eigenvalue weighted by molar-refractivity contribution is 5.75. The van der Waals surface area contributed by atoms with Crippen LogP contribution in [0.3, 0.4) is 0 Å². The van der Waals surface area contributed by atoms with Gasteiger partial charge in [0.2, 0.25) is 0 Å². The number of benzene rings is 1. The second kappa shape index (κ2) is 8.69. The first-order valence-electron chi connectivity index (χ1n) is 8.32. The SMILES string of the molecule is C=C/C=C\c1c(CC)nc(-c2ccccc2O)n1C(/C=C\C)=C/C=C. The maximum absolute atomic E-state index is 10.3. The fraction of sp³-hybridized carbons (Fsp3) is 0.136. The Morgan fingerprint density at radius 1 is 1.24 bits per heavy atom. The summed E-state index contributed by atoms with van der Waals surface area (Å²) in [4.78, 5) is 4.81. The van der Waals surface area contributed by atoms with E-state index in [-0.39, 0.29) is 5.75 Å². The summed E-state index contributed by atoms with van der Waals surface area (Å²) in [5.74, 6) is 0.902. The predicted molar refractivity (Wildman–Crippen MR) is 107 cm³/mol. The molecule has 1 heterocycles. The number of aryl methyl sites for hydroxylation is 1. The van der Waals surface area contributed by atoms with Crippen LogP contribution in [0.25, 0.3) is 23.2 Å². The number of imidazole rings is 1. The van der Waals surface area contributed by atoms with Crippen LogP contribution in [0.1, 0.15) is 25.2 Å². The quantitative estimate of drug-likeness (QED) is 0.668. The Labute approximate surface area is 149 Å². The van der Waals surface area contributed by atoms with Crippen LogP contribution in [0.15, 0.2) is 73.9 Å². The van der Waals surface area contributed by atoms with Crippen molar-refractivity contribution in [1.29, 1.82) is 0 Å². The number of rotatable bonds is 7. The van der Waals surface area contributed by atoms with Crippen LogP contribution in [0.5, 0.6) is 5.75 Å². The molecule has 128 valence electrons. The fourth-order valence-electron chi connectivity index (χ4n) is 2.67. The lowest BCUT2D eigenvalue weighted by atomic mass is 10.1. The van der Waals surface area contributed by atoms with Crippen molar-refractivity contribution in [2.24, 2.45) is 0 Å². The molecule has 0 saturated heterocycles. The molecule has 25 heavy (non-hydrogen) atoms. The van der Waals surface area contributed by atoms with Crippen LogP contribution in [-0.4, -0.2) is 14.7 Å². The number of phenols is 1. The third-order valence-corrected chi connectivity index (χ3v) is 3.74. The number of para-hydroxylation sites is 1. The highest BCUT2D eigenvalue weighted by Gasteiger charge is 2.19. The zero-order valence-electron chi connectivity index (χ0n) is 14.8. The molecule has 1 aromatic heterocycles. The highest BCUT2D eigenvalue weighted by atomic mass is 16.3. The van der Waals surface area contributed by atoms with Gasteiger partial charge in [0.25, 0.3) is 0 Å². The van der Waals surface area contributed by atoms with Crippen LogP contribution in [0.2, 0.25) is 0 Å². The lowest BCUT2D eigenvalue weighted by molar-refractivity contribution is 0.477. The zero-order valence-corrected chi connectivity index (χ0v) is 14.8. The monoisotopic (exact) mass is 332 g/mol. The van der Waals surface area contributed by atoms with Crippen molar-refractivity contribution in [3.05, 3.63) is 85.3 Å². The first-order valence-corrected chi connectivity index (χ1v) is 8.32. The van der Waals surface area contributed by atoms with E-state index in [9.17, 15) is 5.11 Å². The average molecular weight is 332 g/mol. The molecule has 0 atom stereocenters. The Bertz CT molecular complexity index is 851. The molecule has 0 aliphatic carbocycles. The normalized spacial score (nSPS) is 12.2. The van der Waals surface area contributed by atoms with Gasteiger partial charge in [-0.15, -0.1) is 0 Å². The van der Waals surface area contributed by atoms with Crippen LogP contribution < -0.4 is 0 Å². The number of hydrogen-bond acceptors (Lipinski definition) is 2. The summed E-state index contributed by atoms with van der Waals surface area (Å²) in [5.41, 5.74) is 3.53. The van der Waals surface area contributed by atoms with E-state index < -0.39 is 0 Å². The van der Waals surface area contributed by atoms with Crippen molar-refractivity contribution in [2.45, 2.75) is 20.3 Å². The maximum atomic E-state index is 10.3. The van der Waals surface area contributed by atoms with E-state index in [1.54, 1.807) is 24.3 Å². The third kappa shape index (κ3) is 3.89. The lowest BCUT2D eigenvalue weighted by Crippen LogP contribution is -2.01. The zero-order chi connectivity index (χ0) is 18.2. The number of nitrogens with zero attached hydrogens (tertiary/aromatic N) is 2. The average Bonchev–Trinajstić information content (AvgIpc) is 2.98. The second-order valence-electron chi connectivity index (χ2n) is 5.40. The van der Waals surface area contributed by atoms with E-state index in [4.69, 9.17) is 4.98 Å². The summed E-state index contributed by atoms with van der Waals surface area (Å²) in [6.07, 6.45) is 14.0. The Morgan fingerprint density at radius 2 is 2.00 bits per heavy atom. The van der Waals surface area contributed by atoms with Crippen LogP contribution in [-0.2, 0) is 6.42 Å². The van der Waals surface area contributed by atoms with Crippen molar-refractivity contribution >= 4 is 11.8 Å². The minimum atomic E-state index is 0.203. The van der Waals surface area contributed by atoms with Gasteiger partial charge in [-0.1, -0.05) is 56.5 Å². The molecule has 2 aromatic rings. The van der Waals surface area contributed by atoms with E-state index in [1.165, 1.54) is 0 Å². The summed E-state index contributed by atoms with van der Waals surface area (Å²) >= 11 is 0. The maximum Gasteiger partial charge on any atom is 0.149 e. The number of allylic oxidation sites excluding steroid dienone is 7. The molecular weight excluding hydrogens is 308 g/mol. The molecule has 0 radical (unpaired) electrons. The van der Waals surface area contributed by atoms with Gasteiger partial charge >= 0.3 is 0 Å². The molecule has 0 fully saturated rings. The van der Waals surface area contributed by atoms with Gasteiger partial charge in [0.15, 0.2) is 0 Å². The van der Waals surface area contributed by atoms with Crippen molar-refractivity contribution in [3.63, 3.8) is 0 Å². The summed E-state index contributed by atoms with van der Waals surface area (Å²) in [5, 5.41) is 10.3. The van der Waals surface area contributed by atoms with E-state index in [1.807, 2.05) is 54.0 Å². The Morgan fingerprint density at radius 3 is 2.60 bits per heavy atom. The highest BCUT2D eigenvalue weighted by Crippen LogP contribution is 2.33. The van der Waals surface area contributed by atoms with Crippen molar-refractivity contribution < 1.29 is 5.11 Å². The number of phenolic OH excluding ortho intramolecular Hbond substituents is 1. The number of aromatic nitrogens is 2. The summed E-state index contributed by atoms with van der Waals surface area (Å²) in [7, 11) is 0. The molecule has 0 unspecified atom stereocenters. The van der Waals surface area contributed by atoms with E-state index in [0.29, 0.717) is 11.4 Å². The topological polar surface area (TPSA) is 38.1 Å². The van der Waals surface area contributed by atoms with Gasteiger partial charge in [-0.3, -0.25) is 4.57 Å². The molecule has 1 aromatic carbocycles. The molecule has 0 amide bonds. The minimum absolute atomic E-state index is 0.203. The Hall–Kier alpha value is -3.07. The van der Waals surface area contributed by atoms with Crippen molar-refractivity contribution in [1.82, 2.24) is 9.55 Å². The van der Waals surface area contributed by atoms with Gasteiger partial charge in [0, 0.05) is 5.70 Å². The molecule has 1 N–H and O–H groups in total. The molecule has 0 spiro atoms. The van der Waals surface area contributed by atoms with E-state index in [0.717, 1.165) is 23.5 Å². The van der Waals surface area contributed by atoms with Crippen LogP contribution >= 0.6 is 0 Å². The van der Waals surface area contributed by atoms with Gasteiger partial charge in [-0.05, 0) is 43.7 Å². The first-order chi connectivity index (χ1) is 12.2. The van der Waals surface area contributed by atoms with E-state index >= 15 is 0 Å². The largest absolute Gasteiger partial charge is 0.507 e. The van der Waals surface area contributed by atoms with Crippen molar-refractivity contribution in [2.75, 3.05) is 0 Å². The lowest BCUT2D eigenvalue weighted by Gasteiger charge is -2.12. The number of hydrogen-bond donors (Lipinski definition) is 1. The summed E-state index contributed by atoms with van der Waals surface area (Å²) < 4.78 is 2.04. The van der Waals surface area contributed by atoms with Gasteiger partial charge in [0.1, 0.15) is 11.6 Å². The molecule has 0 aliphatic heterocycles. The van der Waals surface area contributed by atoms with Gasteiger partial charge < -0.3 is 5.11 Å². The molecule has 3 heteroatoms.